The van der Waals surface area contributed by atoms with Gasteiger partial charge in [0.05, 0.1) is 4.90 Å². The number of rotatable bonds is 10. The number of piperidine rings is 1. The van der Waals surface area contributed by atoms with Gasteiger partial charge in [-0.15, -0.1) is 0 Å². The summed E-state index contributed by atoms with van der Waals surface area (Å²) in [6, 6.07) is 15.9. The Morgan fingerprint density at radius 3 is 2.31 bits per heavy atom. The van der Waals surface area contributed by atoms with Gasteiger partial charge in [0.15, 0.2) is 0 Å². The first-order valence-corrected chi connectivity index (χ1v) is 12.4. The van der Waals surface area contributed by atoms with E-state index in [2.05, 4.69) is 4.90 Å². The Morgan fingerprint density at radius 2 is 1.69 bits per heavy atom. The van der Waals surface area contributed by atoms with E-state index >= 15 is 0 Å². The summed E-state index contributed by atoms with van der Waals surface area (Å²) >= 11 is 0. The second-order valence-electron chi connectivity index (χ2n) is 7.86. The van der Waals surface area contributed by atoms with Crippen LogP contribution in [-0.2, 0) is 31.0 Å². The molecule has 7 nitrogen and oxygen atoms in total. The van der Waals surface area contributed by atoms with E-state index < -0.39 is 16.0 Å². The van der Waals surface area contributed by atoms with Gasteiger partial charge >= 0.3 is 5.97 Å². The van der Waals surface area contributed by atoms with Crippen LogP contribution in [0.5, 0.6) is 0 Å². The largest absolute Gasteiger partial charge is 0.460 e. The predicted octanol–water partition coefficient (Wildman–Crippen LogP) is 3.39. The summed E-state index contributed by atoms with van der Waals surface area (Å²) in [5.41, 5.74) is 1.73. The molecule has 0 saturated carbocycles. The normalized spacial score (nSPS) is 14.6. The average Bonchev–Trinajstić information content (AvgIpc) is 2.81. The molecule has 172 valence electrons. The van der Waals surface area contributed by atoms with Gasteiger partial charge in [0.2, 0.25) is 10.0 Å². The van der Waals surface area contributed by atoms with Crippen molar-refractivity contribution in [2.24, 2.45) is 0 Å². The lowest BCUT2D eigenvalue weighted by Gasteiger charge is -2.28. The van der Waals surface area contributed by atoms with Crippen molar-refractivity contribution in [3.8, 4) is 0 Å². The molecule has 0 radical (unpaired) electrons. The minimum absolute atomic E-state index is 0.106. The quantitative estimate of drug-likeness (QED) is 0.508. The molecule has 0 aromatic heterocycles. The monoisotopic (exact) mass is 458 g/mol. The van der Waals surface area contributed by atoms with E-state index in [0.29, 0.717) is 32.4 Å². The number of unbranched alkanes of at least 4 members (excludes halogenated alkanes) is 1. The molecule has 0 amide bonds. The van der Waals surface area contributed by atoms with Crippen molar-refractivity contribution in [3.05, 3.63) is 60.2 Å². The van der Waals surface area contributed by atoms with E-state index in [0.717, 1.165) is 17.7 Å². The van der Waals surface area contributed by atoms with Crippen LogP contribution in [0.1, 0.15) is 38.2 Å². The van der Waals surface area contributed by atoms with E-state index in [4.69, 9.17) is 4.74 Å². The van der Waals surface area contributed by atoms with Gasteiger partial charge < -0.3 is 9.64 Å². The zero-order valence-corrected chi connectivity index (χ0v) is 19.2. The Kier molecular flexibility index (Phi) is 8.41. The molecule has 1 heterocycles. The molecule has 0 atom stereocenters. The van der Waals surface area contributed by atoms with Crippen LogP contribution in [0.2, 0.25) is 0 Å². The van der Waals surface area contributed by atoms with Crippen LogP contribution in [0, 0.1) is 0 Å². The standard InChI is InChI=1S/C24H30N2O5S/c1-2-3-15-26(18-24(28)31-19-20-7-5-4-6-8-20)32(29,30)23-11-9-21(10-12-23)25-16-13-22(27)14-17-25/h4-12H,2-3,13-19H2,1H3. The Morgan fingerprint density at radius 1 is 1.03 bits per heavy atom. The third kappa shape index (κ3) is 6.40. The predicted molar refractivity (Wildman–Crippen MR) is 123 cm³/mol. The molecule has 0 bridgehead atoms. The zero-order chi connectivity index (χ0) is 23.0. The number of sulfonamides is 1. The second-order valence-corrected chi connectivity index (χ2v) is 9.80. The number of ketones is 1. The maximum absolute atomic E-state index is 13.2. The molecule has 1 fully saturated rings. The highest BCUT2D eigenvalue weighted by Crippen LogP contribution is 2.23. The van der Waals surface area contributed by atoms with Gasteiger partial charge in [-0.25, -0.2) is 8.42 Å². The number of ether oxygens (including phenoxy) is 1. The Hall–Kier alpha value is -2.71. The molecule has 0 N–H and O–H groups in total. The molecule has 1 saturated heterocycles. The van der Waals surface area contributed by atoms with Crippen molar-refractivity contribution in [3.63, 3.8) is 0 Å². The fourth-order valence-electron chi connectivity index (χ4n) is 3.54. The van der Waals surface area contributed by atoms with Gasteiger partial charge in [-0.1, -0.05) is 43.7 Å². The van der Waals surface area contributed by atoms with Gasteiger partial charge in [-0.2, -0.15) is 4.31 Å². The number of benzene rings is 2. The number of hydrogen-bond acceptors (Lipinski definition) is 6. The number of esters is 1. The van der Waals surface area contributed by atoms with Gasteiger partial charge in [0, 0.05) is 38.2 Å². The Bertz CT molecular complexity index is 996. The summed E-state index contributed by atoms with van der Waals surface area (Å²) in [4.78, 5) is 26.1. The van der Waals surface area contributed by atoms with Crippen LogP contribution in [0.3, 0.4) is 0 Å². The van der Waals surface area contributed by atoms with Gasteiger partial charge in [-0.3, -0.25) is 9.59 Å². The fourth-order valence-corrected chi connectivity index (χ4v) is 4.96. The van der Waals surface area contributed by atoms with Crippen LogP contribution in [-0.4, -0.2) is 50.7 Å². The van der Waals surface area contributed by atoms with Crippen molar-refractivity contribution in [2.75, 3.05) is 31.1 Å². The number of carbonyl (C=O) groups excluding carboxylic acids is 2. The first-order valence-electron chi connectivity index (χ1n) is 11.0. The van der Waals surface area contributed by atoms with Gasteiger partial charge in [-0.05, 0) is 36.2 Å². The topological polar surface area (TPSA) is 84.0 Å². The smallest absolute Gasteiger partial charge is 0.321 e. The average molecular weight is 459 g/mol. The lowest BCUT2D eigenvalue weighted by atomic mass is 10.1. The van der Waals surface area contributed by atoms with Crippen molar-refractivity contribution in [1.29, 1.82) is 0 Å². The van der Waals surface area contributed by atoms with E-state index in [1.165, 1.54) is 4.31 Å². The molecule has 0 spiro atoms. The SMILES string of the molecule is CCCCN(CC(=O)OCc1ccccc1)S(=O)(=O)c1ccc(N2CCC(=O)CC2)cc1. The fraction of sp³-hybridized carbons (Fsp3) is 0.417. The molecule has 3 rings (SSSR count). The summed E-state index contributed by atoms with van der Waals surface area (Å²) in [7, 11) is -3.85. The summed E-state index contributed by atoms with van der Waals surface area (Å²) in [5, 5.41) is 0. The van der Waals surface area contributed by atoms with E-state index in [-0.39, 0.29) is 30.4 Å². The molecule has 2 aromatic rings. The van der Waals surface area contributed by atoms with E-state index in [1.54, 1.807) is 24.3 Å². The first kappa shape index (κ1) is 23.9. The molecule has 32 heavy (non-hydrogen) atoms. The molecule has 2 aromatic carbocycles. The van der Waals surface area contributed by atoms with Crippen molar-refractivity contribution < 1.29 is 22.7 Å². The summed E-state index contributed by atoms with van der Waals surface area (Å²) < 4.78 is 33.0. The Labute approximate surface area is 190 Å². The minimum atomic E-state index is -3.85. The maximum atomic E-state index is 13.2. The van der Waals surface area contributed by atoms with Crippen molar-refractivity contribution in [2.45, 2.75) is 44.1 Å². The highest BCUT2D eigenvalue weighted by molar-refractivity contribution is 7.89. The van der Waals surface area contributed by atoms with Crippen LogP contribution in [0.4, 0.5) is 5.69 Å². The third-order valence-corrected chi connectivity index (χ3v) is 7.33. The Balaban J connectivity index is 1.68. The number of anilines is 1. The number of Topliss-reactive ketones (excluding diaryl/α,β-unsaturated/α-hetero) is 1. The molecule has 8 heteroatoms. The highest BCUT2D eigenvalue weighted by Gasteiger charge is 2.27. The molecular formula is C24H30N2O5S. The molecule has 0 aliphatic carbocycles. The van der Waals surface area contributed by atoms with E-state index in [1.807, 2.05) is 37.3 Å². The highest BCUT2D eigenvalue weighted by atomic mass is 32.2. The zero-order valence-electron chi connectivity index (χ0n) is 18.4. The molecule has 0 unspecified atom stereocenters. The summed E-state index contributed by atoms with van der Waals surface area (Å²) in [6.07, 6.45) is 2.47. The van der Waals surface area contributed by atoms with Crippen molar-refractivity contribution in [1.82, 2.24) is 4.31 Å². The summed E-state index contributed by atoms with van der Waals surface area (Å²) in [6.45, 7) is 3.27. The number of nitrogens with zero attached hydrogens (tertiary/aromatic N) is 2. The van der Waals surface area contributed by atoms with E-state index in [9.17, 15) is 18.0 Å². The molecular weight excluding hydrogens is 428 g/mol. The van der Waals surface area contributed by atoms with Gasteiger partial charge in [0.25, 0.3) is 0 Å². The number of carbonyl (C=O) groups is 2. The molecule has 1 aliphatic rings. The minimum Gasteiger partial charge on any atom is -0.460 e. The van der Waals surface area contributed by atoms with Crippen LogP contribution in [0.25, 0.3) is 0 Å². The summed E-state index contributed by atoms with van der Waals surface area (Å²) in [5.74, 6) is -0.325. The van der Waals surface area contributed by atoms with Gasteiger partial charge in [0.1, 0.15) is 18.9 Å². The maximum Gasteiger partial charge on any atom is 0.321 e. The van der Waals surface area contributed by atoms with Crippen LogP contribution >= 0.6 is 0 Å². The first-order chi connectivity index (χ1) is 15.4. The lowest BCUT2D eigenvalue weighted by molar-refractivity contribution is -0.145. The van der Waals surface area contributed by atoms with Crippen LogP contribution in [0.15, 0.2) is 59.5 Å². The second kappa shape index (κ2) is 11.2. The van der Waals surface area contributed by atoms with Crippen molar-refractivity contribution >= 4 is 27.5 Å². The van der Waals surface area contributed by atoms with Crippen LogP contribution < -0.4 is 4.90 Å². The lowest BCUT2D eigenvalue weighted by Crippen LogP contribution is -2.37. The number of hydrogen-bond donors (Lipinski definition) is 0. The molecule has 1 aliphatic heterocycles. The third-order valence-electron chi connectivity index (χ3n) is 5.47.